The maximum Gasteiger partial charge on any atom is 0.238 e. The third-order valence-electron chi connectivity index (χ3n) is 7.82. The number of benzene rings is 2. The Hall–Kier alpha value is -2.63. The highest BCUT2D eigenvalue weighted by atomic mass is 32.2. The molecule has 3 N–H and O–H groups in total. The molecule has 0 spiro atoms. The number of fused-ring (bicyclic) bond motifs is 3. The summed E-state index contributed by atoms with van der Waals surface area (Å²) in [5.41, 5.74) is 6.14. The second-order valence-corrected chi connectivity index (χ2v) is 11.6. The molecule has 2 bridgehead atoms. The molecule has 2 aromatic rings. The van der Waals surface area contributed by atoms with E-state index in [1.54, 1.807) is 18.2 Å². The van der Waals surface area contributed by atoms with Crippen LogP contribution in [0.2, 0.25) is 0 Å². The van der Waals surface area contributed by atoms with Crippen LogP contribution in [0.5, 0.6) is 11.5 Å². The summed E-state index contributed by atoms with van der Waals surface area (Å²) in [6, 6.07) is 5.87. The first kappa shape index (κ1) is 26.0. The molecule has 1 amide bonds. The minimum atomic E-state index is -1.61. The zero-order valence-electron chi connectivity index (χ0n) is 20.5. The van der Waals surface area contributed by atoms with Gasteiger partial charge in [-0.2, -0.15) is 0 Å². The van der Waals surface area contributed by atoms with Crippen LogP contribution in [0, 0.1) is 22.9 Å². The number of hydrogen-bond acceptors (Lipinski definition) is 5. The summed E-state index contributed by atoms with van der Waals surface area (Å²) in [4.78, 5) is 15.5. The first-order valence-corrected chi connectivity index (χ1v) is 13.5. The van der Waals surface area contributed by atoms with E-state index in [-0.39, 0.29) is 36.5 Å². The molecule has 5 rings (SSSR count). The summed E-state index contributed by atoms with van der Waals surface area (Å²) in [6.45, 7) is 2.81. The van der Waals surface area contributed by atoms with Gasteiger partial charge < -0.3 is 20.1 Å². The van der Waals surface area contributed by atoms with Crippen molar-refractivity contribution in [1.29, 1.82) is 0 Å². The number of piperidine rings is 1. The van der Waals surface area contributed by atoms with Crippen LogP contribution >= 0.6 is 0 Å². The van der Waals surface area contributed by atoms with E-state index < -0.39 is 39.9 Å². The van der Waals surface area contributed by atoms with Crippen LogP contribution in [0.3, 0.4) is 0 Å². The molecule has 2 aromatic carbocycles. The van der Waals surface area contributed by atoms with Gasteiger partial charge >= 0.3 is 0 Å². The Bertz CT molecular complexity index is 1220. The number of amides is 1. The predicted octanol–water partition coefficient (Wildman–Crippen LogP) is 3.22. The van der Waals surface area contributed by atoms with Gasteiger partial charge in [0.1, 0.15) is 30.0 Å². The Balaban J connectivity index is 1.20. The number of nitrogens with one attached hydrogen (secondary N) is 1. The Labute approximate surface area is 216 Å². The number of hydrogen-bond donors (Lipinski definition) is 2. The summed E-state index contributed by atoms with van der Waals surface area (Å²) < 4.78 is 67.8. The highest BCUT2D eigenvalue weighted by Crippen LogP contribution is 2.47. The molecule has 7 nitrogen and oxygen atoms in total. The lowest BCUT2D eigenvalue weighted by molar-refractivity contribution is -0.136. The van der Waals surface area contributed by atoms with Gasteiger partial charge in [-0.3, -0.25) is 4.79 Å². The summed E-state index contributed by atoms with van der Waals surface area (Å²) in [6.07, 6.45) is 2.95. The van der Waals surface area contributed by atoms with Crippen LogP contribution in [0.1, 0.15) is 38.2 Å². The van der Waals surface area contributed by atoms with Gasteiger partial charge in [-0.15, -0.1) is 0 Å². The molecule has 200 valence electrons. The minimum absolute atomic E-state index is 0.0402. The lowest BCUT2D eigenvalue weighted by Crippen LogP contribution is -2.56. The number of nitrogens with two attached hydrogens (primary N) is 1. The number of ether oxygens (including phenoxy) is 2. The maximum absolute atomic E-state index is 14.2. The second-order valence-electron chi connectivity index (χ2n) is 10.3. The van der Waals surface area contributed by atoms with Crippen LogP contribution in [0.15, 0.2) is 35.2 Å². The fourth-order valence-electron chi connectivity index (χ4n) is 5.88. The van der Waals surface area contributed by atoms with E-state index in [9.17, 15) is 22.2 Å². The topological polar surface area (TPSA) is 93.9 Å². The van der Waals surface area contributed by atoms with E-state index in [0.717, 1.165) is 18.9 Å². The third-order valence-corrected chi connectivity index (χ3v) is 8.91. The van der Waals surface area contributed by atoms with Crippen molar-refractivity contribution in [3.8, 4) is 11.5 Å². The van der Waals surface area contributed by atoms with Crippen molar-refractivity contribution in [3.05, 3.63) is 53.3 Å². The SMILES string of the molecule is CC1(C(N)Cc2cc(F)c(F)cc2F)C[C@H]2CC[C@@H](C1)N2C(=O)CNS(=O)c1ccc2c(c1)OCCO2. The average molecular weight is 538 g/mol. The smallest absolute Gasteiger partial charge is 0.238 e. The molecule has 3 aliphatic rings. The van der Waals surface area contributed by atoms with Crippen LogP contribution in [-0.4, -0.2) is 52.9 Å². The number of carbonyl (C=O) groups is 1. The van der Waals surface area contributed by atoms with Crippen molar-refractivity contribution in [3.63, 3.8) is 0 Å². The van der Waals surface area contributed by atoms with E-state index >= 15 is 0 Å². The summed E-state index contributed by atoms with van der Waals surface area (Å²) >= 11 is 0. The Morgan fingerprint density at radius 3 is 2.43 bits per heavy atom. The Morgan fingerprint density at radius 1 is 1.08 bits per heavy atom. The first-order chi connectivity index (χ1) is 17.6. The van der Waals surface area contributed by atoms with E-state index in [0.29, 0.717) is 48.5 Å². The second kappa shape index (κ2) is 10.3. The molecule has 2 saturated heterocycles. The molecule has 5 atom stereocenters. The summed E-state index contributed by atoms with van der Waals surface area (Å²) in [5, 5.41) is 0. The van der Waals surface area contributed by atoms with Gasteiger partial charge in [-0.05, 0) is 61.3 Å². The zero-order valence-corrected chi connectivity index (χ0v) is 21.3. The fraction of sp³-hybridized carbons (Fsp3) is 0.500. The zero-order chi connectivity index (χ0) is 26.3. The van der Waals surface area contributed by atoms with Gasteiger partial charge in [0.05, 0.1) is 11.4 Å². The molecule has 0 aliphatic carbocycles. The third kappa shape index (κ3) is 5.21. The highest BCUT2D eigenvalue weighted by molar-refractivity contribution is 7.83. The Morgan fingerprint density at radius 2 is 1.73 bits per heavy atom. The van der Waals surface area contributed by atoms with Crippen molar-refractivity contribution in [2.75, 3.05) is 19.8 Å². The van der Waals surface area contributed by atoms with Crippen molar-refractivity contribution in [2.45, 2.75) is 62.0 Å². The first-order valence-electron chi connectivity index (χ1n) is 12.4. The molecule has 3 unspecified atom stereocenters. The number of carbonyl (C=O) groups excluding carboxylic acids is 1. The van der Waals surface area contributed by atoms with Crippen LogP contribution in [0.4, 0.5) is 13.2 Å². The van der Waals surface area contributed by atoms with Gasteiger partial charge in [0.2, 0.25) is 5.91 Å². The molecular formula is C26H30F3N3O4S. The maximum atomic E-state index is 14.2. The molecular weight excluding hydrogens is 507 g/mol. The highest BCUT2D eigenvalue weighted by Gasteiger charge is 2.50. The lowest BCUT2D eigenvalue weighted by atomic mass is 9.69. The monoisotopic (exact) mass is 537 g/mol. The van der Waals surface area contributed by atoms with Crippen LogP contribution in [0.25, 0.3) is 0 Å². The molecule has 0 radical (unpaired) electrons. The molecule has 0 aromatic heterocycles. The van der Waals surface area contributed by atoms with Crippen molar-refractivity contribution in [2.24, 2.45) is 11.1 Å². The Kier molecular flexibility index (Phi) is 7.21. The minimum Gasteiger partial charge on any atom is -0.486 e. The molecule has 3 heterocycles. The normalized spacial score (nSPS) is 26.1. The van der Waals surface area contributed by atoms with E-state index in [2.05, 4.69) is 4.72 Å². The van der Waals surface area contributed by atoms with Gasteiger partial charge in [-0.25, -0.2) is 22.1 Å². The van der Waals surface area contributed by atoms with Crippen molar-refractivity contribution in [1.82, 2.24) is 9.62 Å². The standard InChI is InChI=1S/C26H30F3N3O4S/c1-26(24(30)9-15-8-20(28)21(29)11-19(15)27)12-16-2-3-17(13-26)32(16)25(33)14-31-37(34)18-4-5-22-23(10-18)36-7-6-35-22/h4-5,8,10-11,16-17,24,31H,2-3,6-7,9,12-14,30H2,1H3/t16-,17+,24?,26?,37?. The quantitative estimate of drug-likeness (QED) is 0.529. The van der Waals surface area contributed by atoms with Crippen molar-refractivity contribution < 1.29 is 31.6 Å². The molecule has 0 saturated carbocycles. The van der Waals surface area contributed by atoms with Crippen LogP contribution < -0.4 is 19.9 Å². The summed E-state index contributed by atoms with van der Waals surface area (Å²) in [5.74, 6) is -2.16. The lowest BCUT2D eigenvalue weighted by Gasteiger charge is -2.47. The van der Waals surface area contributed by atoms with Gasteiger partial charge in [-0.1, -0.05) is 6.92 Å². The predicted molar refractivity (Wildman–Crippen MR) is 131 cm³/mol. The van der Waals surface area contributed by atoms with Crippen LogP contribution in [-0.2, 0) is 22.2 Å². The largest absolute Gasteiger partial charge is 0.486 e. The summed E-state index contributed by atoms with van der Waals surface area (Å²) in [7, 11) is -1.61. The van der Waals surface area contributed by atoms with E-state index in [1.807, 2.05) is 11.8 Å². The van der Waals surface area contributed by atoms with Gasteiger partial charge in [0.25, 0.3) is 0 Å². The van der Waals surface area contributed by atoms with E-state index in [1.165, 1.54) is 0 Å². The van der Waals surface area contributed by atoms with E-state index in [4.69, 9.17) is 15.2 Å². The van der Waals surface area contributed by atoms with Crippen molar-refractivity contribution >= 4 is 16.9 Å². The molecule has 37 heavy (non-hydrogen) atoms. The molecule has 3 aliphatic heterocycles. The van der Waals surface area contributed by atoms with Gasteiger partial charge in [0.15, 0.2) is 23.1 Å². The fourth-order valence-corrected chi connectivity index (χ4v) is 6.70. The molecule has 2 fully saturated rings. The number of rotatable bonds is 7. The molecule has 11 heteroatoms. The number of nitrogens with zero attached hydrogens (tertiary/aromatic N) is 1. The average Bonchev–Trinajstić information content (AvgIpc) is 3.16. The van der Waals surface area contributed by atoms with Gasteiger partial charge in [0, 0.05) is 30.3 Å². The number of halogens is 3.